The van der Waals surface area contributed by atoms with E-state index >= 15 is 0 Å². The van der Waals surface area contributed by atoms with Gasteiger partial charge in [-0.05, 0) is 12.5 Å². The van der Waals surface area contributed by atoms with Crippen molar-refractivity contribution in [2.45, 2.75) is 35.6 Å². The van der Waals surface area contributed by atoms with Gasteiger partial charge in [-0.1, -0.05) is 33.4 Å². The van der Waals surface area contributed by atoms with Gasteiger partial charge in [0.05, 0.1) is 6.42 Å². The number of nitrogens with zero attached hydrogens (tertiary/aromatic N) is 5. The Bertz CT molecular complexity index is 1070. The number of nitrogens with one attached hydrogen (secondary N) is 1. The molecule has 31 heavy (non-hydrogen) atoms. The minimum absolute atomic E-state index is 0.0353. The molecule has 2 aromatic heterocycles. The maximum Gasteiger partial charge on any atom is 0.352 e. The monoisotopic (exact) mass is 483 g/mol. The Balaban J connectivity index is 1.43. The summed E-state index contributed by atoms with van der Waals surface area (Å²) < 4.78 is 5.25. The Morgan fingerprint density at radius 2 is 2.19 bits per heavy atom. The van der Waals surface area contributed by atoms with Crippen LogP contribution in [0, 0.1) is 6.92 Å². The van der Waals surface area contributed by atoms with Crippen LogP contribution in [0.1, 0.15) is 16.4 Å². The molecule has 164 valence electrons. The second-order valence-electron chi connectivity index (χ2n) is 6.64. The molecule has 4 N–H and O–H groups in total. The standard InChI is InChI=1S/C16H17N7O5S3/c1-6-8(22-28-21-6)2-9(24)18-11-13(25)23-12(15(26)27)7(4-29-14(11)23)5-30-16-20-19-10(3-17)31-16/h11,14H,2-5,17H2,1H3,(H,18,24)(H,26,27)/t11?,14-/m1/s1. The fourth-order valence-electron chi connectivity index (χ4n) is 3.11. The number of carbonyl (C=O) groups excluding carboxylic acids is 2. The van der Waals surface area contributed by atoms with Gasteiger partial charge in [0.25, 0.3) is 5.91 Å². The molecule has 2 atom stereocenters. The number of β-lactam (4-membered cyclic amide) rings is 1. The quantitative estimate of drug-likeness (QED) is 0.332. The molecule has 1 unspecified atom stereocenters. The van der Waals surface area contributed by atoms with Crippen molar-refractivity contribution in [2.24, 2.45) is 5.73 Å². The smallest absolute Gasteiger partial charge is 0.352 e. The van der Waals surface area contributed by atoms with Crippen LogP contribution in [0.4, 0.5) is 0 Å². The minimum Gasteiger partial charge on any atom is -0.477 e. The molecule has 2 aromatic rings. The van der Waals surface area contributed by atoms with Gasteiger partial charge in [0.15, 0.2) is 4.34 Å². The lowest BCUT2D eigenvalue weighted by atomic mass is 10.0. The molecule has 2 aliphatic rings. The van der Waals surface area contributed by atoms with Crippen LogP contribution >= 0.6 is 34.9 Å². The molecule has 0 saturated carbocycles. The van der Waals surface area contributed by atoms with Gasteiger partial charge in [-0.15, -0.1) is 22.0 Å². The molecule has 0 bridgehead atoms. The molecule has 2 amide bonds. The summed E-state index contributed by atoms with van der Waals surface area (Å²) >= 11 is 4.11. The largest absolute Gasteiger partial charge is 0.477 e. The number of rotatable bonds is 8. The summed E-state index contributed by atoms with van der Waals surface area (Å²) in [5, 5.41) is 27.8. The Labute approximate surface area is 188 Å². The van der Waals surface area contributed by atoms with E-state index in [1.165, 1.54) is 39.8 Å². The van der Waals surface area contributed by atoms with Gasteiger partial charge in [0, 0.05) is 18.1 Å². The topological polar surface area (TPSA) is 177 Å². The minimum atomic E-state index is -1.18. The zero-order valence-electron chi connectivity index (χ0n) is 16.1. The molecular weight excluding hydrogens is 466 g/mol. The number of carbonyl (C=O) groups is 3. The second kappa shape index (κ2) is 8.94. The zero-order chi connectivity index (χ0) is 22.1. The number of fused-ring (bicyclic) bond motifs is 1. The van der Waals surface area contributed by atoms with Gasteiger partial charge < -0.3 is 16.2 Å². The average molecular weight is 484 g/mol. The third-order valence-corrected chi connectivity index (χ3v) is 8.14. The average Bonchev–Trinajstić information content (AvgIpc) is 3.38. The summed E-state index contributed by atoms with van der Waals surface area (Å²) in [4.78, 5) is 38.1. The molecule has 1 fully saturated rings. The lowest BCUT2D eigenvalue weighted by molar-refractivity contribution is -0.150. The highest BCUT2D eigenvalue weighted by Gasteiger charge is 2.54. The van der Waals surface area contributed by atoms with Crippen LogP contribution in [0.3, 0.4) is 0 Å². The van der Waals surface area contributed by atoms with Crippen molar-refractivity contribution in [2.75, 3.05) is 11.5 Å². The number of carboxylic acids is 1. The van der Waals surface area contributed by atoms with Crippen LogP contribution in [0.25, 0.3) is 0 Å². The molecule has 12 nitrogen and oxygen atoms in total. The van der Waals surface area contributed by atoms with Gasteiger partial charge in [0.2, 0.25) is 5.91 Å². The molecule has 1 saturated heterocycles. The maximum atomic E-state index is 12.7. The number of thioether (sulfide) groups is 2. The third-order valence-electron chi connectivity index (χ3n) is 4.63. The summed E-state index contributed by atoms with van der Waals surface area (Å²) in [6, 6.07) is -0.795. The number of hydrogen-bond acceptors (Lipinski definition) is 12. The molecule has 0 aliphatic carbocycles. The number of aryl methyl sites for hydroxylation is 1. The van der Waals surface area contributed by atoms with Crippen molar-refractivity contribution in [3.63, 3.8) is 0 Å². The van der Waals surface area contributed by atoms with Crippen molar-refractivity contribution < 1.29 is 24.1 Å². The first kappa shape index (κ1) is 21.7. The normalized spacial score (nSPS) is 20.5. The summed E-state index contributed by atoms with van der Waals surface area (Å²) in [5.41, 5.74) is 7.00. The number of hydrogen-bond donors (Lipinski definition) is 3. The lowest BCUT2D eigenvalue weighted by Gasteiger charge is -2.49. The summed E-state index contributed by atoms with van der Waals surface area (Å²) in [5.74, 6) is -1.26. The van der Waals surface area contributed by atoms with Crippen LogP contribution in [0.15, 0.2) is 20.2 Å². The molecular formula is C16H17N7O5S3. The van der Waals surface area contributed by atoms with E-state index in [9.17, 15) is 19.5 Å². The highest BCUT2D eigenvalue weighted by Crippen LogP contribution is 2.41. The zero-order valence-corrected chi connectivity index (χ0v) is 18.6. The summed E-state index contributed by atoms with van der Waals surface area (Å²) in [7, 11) is 0. The first-order valence-corrected chi connectivity index (χ1v) is 11.9. The van der Waals surface area contributed by atoms with Crippen molar-refractivity contribution in [1.82, 2.24) is 30.7 Å². The number of aromatic nitrogens is 4. The molecule has 4 heterocycles. The van der Waals surface area contributed by atoms with Crippen molar-refractivity contribution in [3.8, 4) is 0 Å². The number of carboxylic acid groups (broad SMARTS) is 1. The Morgan fingerprint density at radius 1 is 1.39 bits per heavy atom. The number of amides is 2. The fourth-order valence-corrected chi connectivity index (χ4v) is 6.37. The van der Waals surface area contributed by atoms with E-state index in [4.69, 9.17) is 5.73 Å². The highest BCUT2D eigenvalue weighted by molar-refractivity contribution is 8.01. The molecule has 4 rings (SSSR count). The predicted molar refractivity (Wildman–Crippen MR) is 111 cm³/mol. The Hall–Kier alpha value is -2.49. The van der Waals surface area contributed by atoms with E-state index in [-0.39, 0.29) is 12.1 Å². The van der Waals surface area contributed by atoms with E-state index in [0.29, 0.717) is 44.4 Å². The van der Waals surface area contributed by atoms with Gasteiger partial charge in [0.1, 0.15) is 33.5 Å². The van der Waals surface area contributed by atoms with Crippen LogP contribution < -0.4 is 11.1 Å². The van der Waals surface area contributed by atoms with Crippen LogP contribution in [-0.2, 0) is 27.3 Å². The van der Waals surface area contributed by atoms with E-state index in [0.717, 1.165) is 0 Å². The predicted octanol–water partition coefficient (Wildman–Crippen LogP) is -0.238. The summed E-state index contributed by atoms with van der Waals surface area (Å²) in [6.45, 7) is 1.95. The first-order chi connectivity index (χ1) is 14.9. The van der Waals surface area contributed by atoms with Crippen LogP contribution in [0.2, 0.25) is 0 Å². The molecule has 15 heteroatoms. The van der Waals surface area contributed by atoms with Crippen molar-refractivity contribution in [1.29, 1.82) is 0 Å². The Morgan fingerprint density at radius 3 is 2.84 bits per heavy atom. The lowest BCUT2D eigenvalue weighted by Crippen LogP contribution is -2.70. The SMILES string of the molecule is Cc1nonc1CC(=O)NC1C(=O)N2C(C(=O)O)=C(CSc3nnc(CN)s3)CS[C@H]12. The maximum absolute atomic E-state index is 12.7. The Kier molecular flexibility index (Phi) is 6.27. The second-order valence-corrected chi connectivity index (χ2v) is 10.0. The fraction of sp³-hybridized carbons (Fsp3) is 0.438. The number of nitrogens with two attached hydrogens (primary N) is 1. The van der Waals surface area contributed by atoms with Crippen LogP contribution in [0.5, 0.6) is 0 Å². The van der Waals surface area contributed by atoms with Gasteiger partial charge in [-0.3, -0.25) is 14.5 Å². The van der Waals surface area contributed by atoms with E-state index < -0.39 is 29.2 Å². The van der Waals surface area contributed by atoms with Crippen LogP contribution in [-0.4, -0.2) is 71.2 Å². The molecule has 0 aromatic carbocycles. The van der Waals surface area contributed by atoms with E-state index in [1.54, 1.807) is 6.92 Å². The molecule has 0 radical (unpaired) electrons. The van der Waals surface area contributed by atoms with Crippen molar-refractivity contribution >= 4 is 52.6 Å². The highest BCUT2D eigenvalue weighted by atomic mass is 32.2. The van der Waals surface area contributed by atoms with E-state index in [1.807, 2.05) is 0 Å². The van der Waals surface area contributed by atoms with Gasteiger partial charge in [-0.2, -0.15) is 0 Å². The first-order valence-electron chi connectivity index (χ1n) is 9.01. The summed E-state index contributed by atoms with van der Waals surface area (Å²) in [6.07, 6.45) is -0.0767. The molecule has 2 aliphatic heterocycles. The van der Waals surface area contributed by atoms with Crippen molar-refractivity contribution in [3.05, 3.63) is 27.7 Å². The molecule has 0 spiro atoms. The van der Waals surface area contributed by atoms with Gasteiger partial charge >= 0.3 is 5.97 Å². The third kappa shape index (κ3) is 4.30. The van der Waals surface area contributed by atoms with E-state index in [2.05, 4.69) is 30.5 Å². The van der Waals surface area contributed by atoms with Gasteiger partial charge in [-0.25, -0.2) is 9.42 Å². The number of aliphatic carboxylic acids is 1.